The molecule has 160 valence electrons. The summed E-state index contributed by atoms with van der Waals surface area (Å²) in [4.78, 5) is 28.6. The van der Waals surface area contributed by atoms with Crippen molar-refractivity contribution in [2.75, 3.05) is 33.3 Å². The predicted octanol–water partition coefficient (Wildman–Crippen LogP) is 4.20. The van der Waals surface area contributed by atoms with Gasteiger partial charge in [0.1, 0.15) is 0 Å². The van der Waals surface area contributed by atoms with Crippen molar-refractivity contribution < 1.29 is 27.8 Å². The van der Waals surface area contributed by atoms with Gasteiger partial charge in [-0.05, 0) is 36.4 Å². The lowest BCUT2D eigenvalue weighted by Crippen LogP contribution is -2.50. The van der Waals surface area contributed by atoms with E-state index in [1.165, 1.54) is 31.4 Å². The van der Waals surface area contributed by atoms with Crippen LogP contribution in [0.15, 0.2) is 36.4 Å². The maximum absolute atomic E-state index is 12.8. The monoisotopic (exact) mass is 458 g/mol. The topological polar surface area (TPSA) is 59.1 Å². The number of halogens is 4. The second kappa shape index (κ2) is 9.49. The molecule has 0 aliphatic carbocycles. The van der Waals surface area contributed by atoms with E-state index < -0.39 is 6.61 Å². The average Bonchev–Trinajstić information content (AvgIpc) is 2.72. The van der Waals surface area contributed by atoms with Gasteiger partial charge in [-0.2, -0.15) is 8.78 Å². The quantitative estimate of drug-likeness (QED) is 0.673. The Balaban J connectivity index is 1.67. The molecule has 0 aromatic heterocycles. The van der Waals surface area contributed by atoms with Gasteiger partial charge in [0.25, 0.3) is 11.8 Å². The molecule has 6 nitrogen and oxygen atoms in total. The van der Waals surface area contributed by atoms with Crippen molar-refractivity contribution in [3.63, 3.8) is 0 Å². The van der Waals surface area contributed by atoms with Crippen LogP contribution >= 0.6 is 23.2 Å². The molecule has 2 amide bonds. The van der Waals surface area contributed by atoms with Crippen LogP contribution in [0.2, 0.25) is 10.0 Å². The first-order chi connectivity index (χ1) is 14.3. The third kappa shape index (κ3) is 4.94. The fourth-order valence-electron chi connectivity index (χ4n) is 3.13. The molecular formula is C20H18Cl2F2N2O4. The molecule has 3 rings (SSSR count). The van der Waals surface area contributed by atoms with Crippen molar-refractivity contribution in [1.82, 2.24) is 9.80 Å². The number of alkyl halides is 2. The van der Waals surface area contributed by atoms with Crippen LogP contribution in [0, 0.1) is 0 Å². The molecule has 1 aliphatic heterocycles. The third-order valence-corrected chi connectivity index (χ3v) is 5.19. The van der Waals surface area contributed by atoms with Crippen molar-refractivity contribution in [2.24, 2.45) is 0 Å². The van der Waals surface area contributed by atoms with Gasteiger partial charge >= 0.3 is 6.61 Å². The zero-order chi connectivity index (χ0) is 21.8. The number of methoxy groups -OCH3 is 1. The number of carbonyl (C=O) groups excluding carboxylic acids is 2. The Kier molecular flexibility index (Phi) is 6.99. The number of hydrogen-bond acceptors (Lipinski definition) is 4. The van der Waals surface area contributed by atoms with E-state index in [9.17, 15) is 18.4 Å². The fraction of sp³-hybridized carbons (Fsp3) is 0.300. The third-order valence-electron chi connectivity index (χ3n) is 4.64. The Bertz CT molecular complexity index is 950. The number of ether oxygens (including phenoxy) is 2. The maximum Gasteiger partial charge on any atom is 0.387 e. The zero-order valence-corrected chi connectivity index (χ0v) is 17.4. The molecule has 0 spiro atoms. The molecule has 1 heterocycles. The van der Waals surface area contributed by atoms with Gasteiger partial charge in [0.15, 0.2) is 11.5 Å². The van der Waals surface area contributed by atoms with E-state index in [1.807, 2.05) is 0 Å². The van der Waals surface area contributed by atoms with Gasteiger partial charge in [0.05, 0.1) is 17.7 Å². The van der Waals surface area contributed by atoms with Gasteiger partial charge < -0.3 is 19.3 Å². The van der Waals surface area contributed by atoms with Crippen LogP contribution in [0.5, 0.6) is 11.5 Å². The number of benzene rings is 2. The summed E-state index contributed by atoms with van der Waals surface area (Å²) in [6.07, 6.45) is 0. The summed E-state index contributed by atoms with van der Waals surface area (Å²) in [5, 5.41) is 0.692. The first-order valence-electron chi connectivity index (χ1n) is 8.96. The molecule has 0 unspecified atom stereocenters. The number of amides is 2. The number of carbonyl (C=O) groups is 2. The molecule has 0 atom stereocenters. The minimum Gasteiger partial charge on any atom is -0.493 e. The van der Waals surface area contributed by atoms with Crippen LogP contribution in [0.3, 0.4) is 0 Å². The predicted molar refractivity (Wildman–Crippen MR) is 108 cm³/mol. The summed E-state index contributed by atoms with van der Waals surface area (Å²) >= 11 is 12.0. The van der Waals surface area contributed by atoms with Gasteiger partial charge in [0, 0.05) is 36.8 Å². The zero-order valence-electron chi connectivity index (χ0n) is 15.9. The standard InChI is InChI=1S/C20H18Cl2F2N2O4/c1-29-16-5-2-12(10-17(16)30-20(23)24)18(27)25-6-8-26(9-7-25)19(28)14-4-3-13(21)11-15(14)22/h2-5,10-11,20H,6-9H2,1H3. The van der Waals surface area contributed by atoms with Crippen molar-refractivity contribution in [2.45, 2.75) is 6.61 Å². The highest BCUT2D eigenvalue weighted by Gasteiger charge is 2.27. The van der Waals surface area contributed by atoms with Crippen LogP contribution in [0.1, 0.15) is 20.7 Å². The lowest BCUT2D eigenvalue weighted by molar-refractivity contribution is -0.0512. The van der Waals surface area contributed by atoms with E-state index in [-0.39, 0.29) is 47.0 Å². The maximum atomic E-state index is 12.8. The van der Waals surface area contributed by atoms with Crippen molar-refractivity contribution in [3.8, 4) is 11.5 Å². The molecule has 1 aliphatic rings. The van der Waals surface area contributed by atoms with E-state index in [4.69, 9.17) is 27.9 Å². The van der Waals surface area contributed by atoms with E-state index in [1.54, 1.807) is 21.9 Å². The molecule has 10 heteroatoms. The number of hydrogen-bond donors (Lipinski definition) is 0. The second-order valence-electron chi connectivity index (χ2n) is 6.45. The van der Waals surface area contributed by atoms with Gasteiger partial charge in [-0.3, -0.25) is 9.59 Å². The highest BCUT2D eigenvalue weighted by molar-refractivity contribution is 6.36. The molecule has 0 radical (unpaired) electrons. The molecule has 0 N–H and O–H groups in total. The van der Waals surface area contributed by atoms with Crippen LogP contribution in [-0.2, 0) is 0 Å². The Hall–Kier alpha value is -2.58. The summed E-state index contributed by atoms with van der Waals surface area (Å²) in [5.41, 5.74) is 0.525. The molecule has 1 saturated heterocycles. The lowest BCUT2D eigenvalue weighted by Gasteiger charge is -2.35. The fourth-order valence-corrected chi connectivity index (χ4v) is 3.62. The normalized spacial score (nSPS) is 14.1. The molecule has 2 aromatic rings. The molecule has 30 heavy (non-hydrogen) atoms. The molecular weight excluding hydrogens is 441 g/mol. The summed E-state index contributed by atoms with van der Waals surface area (Å²) < 4.78 is 34.6. The van der Waals surface area contributed by atoms with Crippen molar-refractivity contribution in [3.05, 3.63) is 57.6 Å². The molecule has 1 fully saturated rings. The first kappa shape index (κ1) is 22.1. The Labute approximate surface area is 181 Å². The minimum absolute atomic E-state index is 0.0992. The first-order valence-corrected chi connectivity index (χ1v) is 9.72. The van der Waals surface area contributed by atoms with Crippen molar-refractivity contribution in [1.29, 1.82) is 0 Å². The SMILES string of the molecule is COc1ccc(C(=O)N2CCN(C(=O)c3ccc(Cl)cc3Cl)CC2)cc1OC(F)F. The minimum atomic E-state index is -3.04. The summed E-state index contributed by atoms with van der Waals surface area (Å²) in [5.74, 6) is -0.721. The van der Waals surface area contributed by atoms with E-state index in [0.29, 0.717) is 23.7 Å². The van der Waals surface area contributed by atoms with Crippen LogP contribution < -0.4 is 9.47 Å². The van der Waals surface area contributed by atoms with Gasteiger partial charge in [-0.25, -0.2) is 0 Å². The highest BCUT2D eigenvalue weighted by Crippen LogP contribution is 2.30. The Morgan fingerprint density at radius 1 is 0.933 bits per heavy atom. The van der Waals surface area contributed by atoms with E-state index in [2.05, 4.69) is 4.74 Å². The average molecular weight is 459 g/mol. The number of rotatable bonds is 5. The second-order valence-corrected chi connectivity index (χ2v) is 7.30. The van der Waals surface area contributed by atoms with Crippen LogP contribution in [-0.4, -0.2) is 61.5 Å². The van der Waals surface area contributed by atoms with Gasteiger partial charge in [-0.1, -0.05) is 23.2 Å². The van der Waals surface area contributed by atoms with Gasteiger partial charge in [-0.15, -0.1) is 0 Å². The van der Waals surface area contributed by atoms with E-state index >= 15 is 0 Å². The molecule has 2 aromatic carbocycles. The van der Waals surface area contributed by atoms with Crippen LogP contribution in [0.4, 0.5) is 8.78 Å². The Morgan fingerprint density at radius 2 is 1.57 bits per heavy atom. The molecule has 0 saturated carbocycles. The lowest BCUT2D eigenvalue weighted by atomic mass is 10.1. The smallest absolute Gasteiger partial charge is 0.387 e. The summed E-state index contributed by atoms with van der Waals surface area (Å²) in [6, 6.07) is 8.74. The Morgan fingerprint density at radius 3 is 2.13 bits per heavy atom. The van der Waals surface area contributed by atoms with Crippen molar-refractivity contribution >= 4 is 35.0 Å². The number of nitrogens with zero attached hydrogens (tertiary/aromatic N) is 2. The highest BCUT2D eigenvalue weighted by atomic mass is 35.5. The van der Waals surface area contributed by atoms with Gasteiger partial charge in [0.2, 0.25) is 0 Å². The molecule has 0 bridgehead atoms. The van der Waals surface area contributed by atoms with Crippen LogP contribution in [0.25, 0.3) is 0 Å². The summed E-state index contributed by atoms with van der Waals surface area (Å²) in [6.45, 7) is -1.86. The summed E-state index contributed by atoms with van der Waals surface area (Å²) in [7, 11) is 1.32. The largest absolute Gasteiger partial charge is 0.493 e. The van der Waals surface area contributed by atoms with E-state index in [0.717, 1.165) is 0 Å². The number of piperazine rings is 1.